The van der Waals surface area contributed by atoms with Crippen molar-refractivity contribution in [2.45, 2.75) is 251 Å². The number of unbranched alkanes of at least 4 members (excludes halogenated alkanes) is 26. The highest BCUT2D eigenvalue weighted by atomic mass is 31.2. The first-order chi connectivity index (χ1) is 31.4. The van der Waals surface area contributed by atoms with Crippen molar-refractivity contribution in [3.63, 3.8) is 0 Å². The van der Waals surface area contributed by atoms with Crippen molar-refractivity contribution in [2.75, 3.05) is 40.9 Å². The van der Waals surface area contributed by atoms with Gasteiger partial charge in [0, 0.05) is 12.8 Å². The van der Waals surface area contributed by atoms with E-state index in [0.29, 0.717) is 17.4 Å². The van der Waals surface area contributed by atoms with Gasteiger partial charge in [0.25, 0.3) is 7.82 Å². The van der Waals surface area contributed by atoms with Crippen molar-refractivity contribution in [3.8, 4) is 0 Å². The van der Waals surface area contributed by atoms with Crippen LogP contribution < -0.4 is 10.2 Å². The first kappa shape index (κ1) is 63.0. The molecule has 0 saturated carbocycles. The molecule has 0 saturated heterocycles. The molecule has 0 fully saturated rings. The number of nitrogens with one attached hydrogen (secondary N) is 1. The van der Waals surface area contributed by atoms with Crippen LogP contribution in [0.25, 0.3) is 0 Å². The number of esters is 1. The molecule has 0 rings (SSSR count). The zero-order chi connectivity index (χ0) is 48.0. The van der Waals surface area contributed by atoms with Crippen molar-refractivity contribution in [1.29, 1.82) is 0 Å². The molecule has 0 aromatic rings. The van der Waals surface area contributed by atoms with Crippen LogP contribution in [-0.4, -0.2) is 69.4 Å². The maximum Gasteiger partial charge on any atom is 0.306 e. The number of carbonyl (C=O) groups is 2. The van der Waals surface area contributed by atoms with Crippen LogP contribution in [0.5, 0.6) is 0 Å². The quantitative estimate of drug-likeness (QED) is 0.0212. The number of phosphoric acid groups is 1. The maximum absolute atomic E-state index is 13.4. The number of ether oxygens (including phenoxy) is 1. The van der Waals surface area contributed by atoms with Crippen LogP contribution in [-0.2, 0) is 27.9 Å². The number of rotatable bonds is 48. The minimum Gasteiger partial charge on any atom is -0.756 e. The summed E-state index contributed by atoms with van der Waals surface area (Å²) in [5.74, 6) is -0.562. The fraction of sp³-hybridized carbons (Fsp3) is 0.818. The molecule has 0 aliphatic heterocycles. The molecule has 380 valence electrons. The predicted molar refractivity (Wildman–Crippen MR) is 275 cm³/mol. The first-order valence-corrected chi connectivity index (χ1v) is 28.4. The second kappa shape index (κ2) is 45.7. The van der Waals surface area contributed by atoms with Crippen LogP contribution in [0.3, 0.4) is 0 Å². The van der Waals surface area contributed by atoms with Crippen LogP contribution in [0.4, 0.5) is 0 Å². The average molecular weight is 935 g/mol. The Morgan fingerprint density at radius 2 is 0.954 bits per heavy atom. The number of nitrogens with zero attached hydrogens (tertiary/aromatic N) is 1. The van der Waals surface area contributed by atoms with Gasteiger partial charge in [0.2, 0.25) is 5.91 Å². The number of carbonyl (C=O) groups excluding carboxylic acids is 2. The molecule has 9 nitrogen and oxygen atoms in total. The molecule has 0 aliphatic carbocycles. The third-order valence-corrected chi connectivity index (χ3v) is 12.7. The van der Waals surface area contributed by atoms with Gasteiger partial charge in [0.05, 0.1) is 33.8 Å². The van der Waals surface area contributed by atoms with Crippen molar-refractivity contribution in [3.05, 3.63) is 48.6 Å². The molecular weight excluding hydrogens is 832 g/mol. The second-order valence-corrected chi connectivity index (χ2v) is 20.8. The Morgan fingerprint density at radius 3 is 1.48 bits per heavy atom. The SMILES string of the molecule is CCCC/C=C\CCCCCCCC(=O)NC(COP(=O)([O-])OCC[N+](C)(C)C)C(/C=C\CCCCCCCCCCC)OC(=O)CCCCCCCCC/C=C\C/C=C\CCCCC. The van der Waals surface area contributed by atoms with E-state index in [4.69, 9.17) is 13.8 Å². The lowest BCUT2D eigenvalue weighted by atomic mass is 10.1. The van der Waals surface area contributed by atoms with Gasteiger partial charge in [-0.2, -0.15) is 0 Å². The van der Waals surface area contributed by atoms with Crippen LogP contribution in [0.15, 0.2) is 48.6 Å². The maximum atomic E-state index is 13.4. The zero-order valence-corrected chi connectivity index (χ0v) is 44.1. The summed E-state index contributed by atoms with van der Waals surface area (Å²) >= 11 is 0. The van der Waals surface area contributed by atoms with E-state index >= 15 is 0 Å². The summed E-state index contributed by atoms with van der Waals surface area (Å²) in [4.78, 5) is 39.7. The number of likely N-dealkylation sites (N-methyl/N-ethyl adjacent to an activating group) is 1. The van der Waals surface area contributed by atoms with E-state index in [2.05, 4.69) is 62.5 Å². The molecule has 1 amide bonds. The van der Waals surface area contributed by atoms with Crippen LogP contribution >= 0.6 is 7.82 Å². The van der Waals surface area contributed by atoms with Crippen LogP contribution in [0, 0.1) is 0 Å². The third kappa shape index (κ3) is 46.9. The zero-order valence-electron chi connectivity index (χ0n) is 43.2. The topological polar surface area (TPSA) is 114 Å². The number of allylic oxidation sites excluding steroid dienone is 7. The smallest absolute Gasteiger partial charge is 0.306 e. The summed E-state index contributed by atoms with van der Waals surface area (Å²) in [6.45, 7) is 6.75. The molecule has 0 aromatic carbocycles. The average Bonchev–Trinajstić information content (AvgIpc) is 3.26. The van der Waals surface area contributed by atoms with Crippen LogP contribution in [0.1, 0.15) is 239 Å². The highest BCUT2D eigenvalue weighted by molar-refractivity contribution is 7.45. The van der Waals surface area contributed by atoms with Gasteiger partial charge in [-0.1, -0.05) is 192 Å². The Morgan fingerprint density at radius 1 is 0.538 bits per heavy atom. The lowest BCUT2D eigenvalue weighted by molar-refractivity contribution is -0.870. The van der Waals surface area contributed by atoms with Gasteiger partial charge < -0.3 is 28.5 Å². The Hall–Kier alpha value is -2.03. The minimum atomic E-state index is -4.69. The monoisotopic (exact) mass is 935 g/mol. The van der Waals surface area contributed by atoms with E-state index < -0.39 is 26.6 Å². The summed E-state index contributed by atoms with van der Waals surface area (Å²) in [6.07, 6.45) is 53.6. The molecule has 1 N–H and O–H groups in total. The van der Waals surface area contributed by atoms with E-state index in [9.17, 15) is 19.0 Å². The largest absolute Gasteiger partial charge is 0.756 e. The molecule has 0 aromatic heterocycles. The van der Waals surface area contributed by atoms with E-state index in [1.54, 1.807) is 0 Å². The third-order valence-electron chi connectivity index (χ3n) is 11.7. The molecule has 0 radical (unpaired) electrons. The fourth-order valence-corrected chi connectivity index (χ4v) is 8.20. The Balaban J connectivity index is 5.36. The Bertz CT molecular complexity index is 1260. The van der Waals surface area contributed by atoms with Gasteiger partial charge in [-0.3, -0.25) is 14.2 Å². The van der Waals surface area contributed by atoms with Gasteiger partial charge in [0.15, 0.2) is 0 Å². The summed E-state index contributed by atoms with van der Waals surface area (Å²) in [6, 6.07) is -0.892. The van der Waals surface area contributed by atoms with Crippen molar-refractivity contribution in [2.24, 2.45) is 0 Å². The van der Waals surface area contributed by atoms with Gasteiger partial charge in [0.1, 0.15) is 19.3 Å². The van der Waals surface area contributed by atoms with E-state index in [1.165, 1.54) is 103 Å². The molecule has 0 spiro atoms. The van der Waals surface area contributed by atoms with Crippen molar-refractivity contribution in [1.82, 2.24) is 5.32 Å². The van der Waals surface area contributed by atoms with Crippen molar-refractivity contribution >= 4 is 19.7 Å². The van der Waals surface area contributed by atoms with Gasteiger partial charge in [-0.05, 0) is 83.1 Å². The van der Waals surface area contributed by atoms with Gasteiger partial charge in [-0.25, -0.2) is 0 Å². The van der Waals surface area contributed by atoms with Crippen LogP contribution in [0.2, 0.25) is 0 Å². The molecule has 65 heavy (non-hydrogen) atoms. The number of hydrogen-bond donors (Lipinski definition) is 1. The highest BCUT2D eigenvalue weighted by Crippen LogP contribution is 2.38. The summed E-state index contributed by atoms with van der Waals surface area (Å²) < 4.78 is 30.1. The number of quaternary nitrogens is 1. The minimum absolute atomic E-state index is 0.0256. The molecule has 3 atom stereocenters. The standard InChI is InChI=1S/C55H103N2O7P/c1-7-10-13-16-19-22-25-26-27-28-29-30-33-36-39-42-45-48-55(59)64-53(46-43-40-37-34-31-23-20-17-14-11-8-2)52(51-63-65(60,61)62-50-49-57(4,5)6)56-54(58)47-44-41-38-35-32-24-21-18-15-12-9-3/h18-19,21-22,26-27,43,46,52-53H,7-17,20,23-25,28-42,44-45,47-51H2,1-6H3,(H-,56,58,60,61)/b21-18-,22-19-,27-26-,46-43-. The number of hydrogen-bond acceptors (Lipinski definition) is 7. The molecule has 10 heteroatoms. The predicted octanol–water partition coefficient (Wildman–Crippen LogP) is 15.1. The van der Waals surface area contributed by atoms with Crippen molar-refractivity contribution < 1.29 is 37.3 Å². The molecule has 3 unspecified atom stereocenters. The lowest BCUT2D eigenvalue weighted by Gasteiger charge is -2.30. The number of phosphoric ester groups is 1. The molecule has 0 bridgehead atoms. The van der Waals surface area contributed by atoms with E-state index in [-0.39, 0.29) is 24.9 Å². The fourth-order valence-electron chi connectivity index (χ4n) is 7.47. The van der Waals surface area contributed by atoms with Gasteiger partial charge >= 0.3 is 5.97 Å². The Kier molecular flexibility index (Phi) is 44.3. The lowest BCUT2D eigenvalue weighted by Crippen LogP contribution is -2.47. The van der Waals surface area contributed by atoms with E-state index in [1.807, 2.05) is 33.3 Å². The normalized spacial score (nSPS) is 14.3. The molecule has 0 heterocycles. The molecular formula is C55H103N2O7P. The summed E-state index contributed by atoms with van der Waals surface area (Å²) in [7, 11) is 1.17. The first-order valence-electron chi connectivity index (χ1n) is 26.9. The highest BCUT2D eigenvalue weighted by Gasteiger charge is 2.27. The summed E-state index contributed by atoms with van der Waals surface area (Å²) in [5.41, 5.74) is 0. The number of amides is 1. The van der Waals surface area contributed by atoms with Gasteiger partial charge in [-0.15, -0.1) is 0 Å². The van der Waals surface area contributed by atoms with E-state index in [0.717, 1.165) is 103 Å². The summed E-state index contributed by atoms with van der Waals surface area (Å²) in [5, 5.41) is 3.00. The second-order valence-electron chi connectivity index (χ2n) is 19.4. The molecule has 0 aliphatic rings. The Labute approximate surface area is 401 Å².